The van der Waals surface area contributed by atoms with Gasteiger partial charge in [-0.1, -0.05) is 18.2 Å². The third-order valence-electron chi connectivity index (χ3n) is 5.79. The minimum Gasteiger partial charge on any atom is -0.488 e. The van der Waals surface area contributed by atoms with Crippen molar-refractivity contribution in [1.82, 2.24) is 4.90 Å². The van der Waals surface area contributed by atoms with Crippen molar-refractivity contribution < 1.29 is 23.9 Å². The number of ether oxygens (including phenoxy) is 2. The third-order valence-corrected chi connectivity index (χ3v) is 5.79. The average Bonchev–Trinajstić information content (AvgIpc) is 2.95. The summed E-state index contributed by atoms with van der Waals surface area (Å²) in [6, 6.07) is 4.40. The van der Waals surface area contributed by atoms with E-state index in [0.717, 1.165) is 31.7 Å². The van der Waals surface area contributed by atoms with Crippen LogP contribution >= 0.6 is 0 Å². The molecule has 0 unspecified atom stereocenters. The van der Waals surface area contributed by atoms with Gasteiger partial charge in [0.05, 0.1) is 5.41 Å². The molecule has 4 rings (SSSR count). The molecule has 8 nitrogen and oxygen atoms in total. The molecule has 31 heavy (non-hydrogen) atoms. The Kier molecular flexibility index (Phi) is 6.69. The smallest absolute Gasteiger partial charge is 0.303 e. The Labute approximate surface area is 182 Å². The van der Waals surface area contributed by atoms with Crippen LogP contribution in [-0.2, 0) is 31.1 Å². The van der Waals surface area contributed by atoms with Crippen LogP contribution in [0.4, 0.5) is 0 Å². The van der Waals surface area contributed by atoms with Gasteiger partial charge in [-0.05, 0) is 44.1 Å². The molecule has 1 spiro atoms. The molecule has 0 aromatic heterocycles. The van der Waals surface area contributed by atoms with Crippen molar-refractivity contribution in [2.75, 3.05) is 13.6 Å². The first-order chi connectivity index (χ1) is 14.6. The fourth-order valence-electron chi connectivity index (χ4n) is 4.50. The molecule has 1 aliphatic carbocycles. The van der Waals surface area contributed by atoms with Crippen molar-refractivity contribution in [1.29, 1.82) is 0 Å². The SMILES string of the molecule is CC(=O)N=NC(C)=O.CC(=O)O[C@@H]1C=C[C@@]23CCN(C)Cc4ccc(C)c(c42)O[C@H]3C1. The van der Waals surface area contributed by atoms with Gasteiger partial charge in [-0.25, -0.2) is 0 Å². The third kappa shape index (κ3) is 4.90. The fraction of sp³-hybridized carbons (Fsp3) is 0.522. The maximum Gasteiger partial charge on any atom is 0.303 e. The van der Waals surface area contributed by atoms with E-state index in [1.807, 2.05) is 0 Å². The summed E-state index contributed by atoms with van der Waals surface area (Å²) in [5.74, 6) is -0.0973. The number of hydrogen-bond donors (Lipinski definition) is 0. The maximum absolute atomic E-state index is 11.3. The van der Waals surface area contributed by atoms with Crippen molar-refractivity contribution in [3.63, 3.8) is 0 Å². The zero-order valence-corrected chi connectivity index (χ0v) is 18.7. The van der Waals surface area contributed by atoms with Gasteiger partial charge >= 0.3 is 5.97 Å². The van der Waals surface area contributed by atoms with E-state index in [1.165, 1.54) is 37.5 Å². The maximum atomic E-state index is 11.3. The highest BCUT2D eigenvalue weighted by Crippen LogP contribution is 2.53. The van der Waals surface area contributed by atoms with Crippen molar-refractivity contribution in [3.8, 4) is 5.75 Å². The Morgan fingerprint density at radius 1 is 1.16 bits per heavy atom. The largest absolute Gasteiger partial charge is 0.488 e. The first-order valence-corrected chi connectivity index (χ1v) is 10.4. The van der Waals surface area contributed by atoms with Gasteiger partial charge in [-0.15, -0.1) is 10.2 Å². The van der Waals surface area contributed by atoms with E-state index in [4.69, 9.17) is 9.47 Å². The van der Waals surface area contributed by atoms with Crippen LogP contribution in [0.1, 0.15) is 50.3 Å². The monoisotopic (exact) mass is 427 g/mol. The summed E-state index contributed by atoms with van der Waals surface area (Å²) in [7, 11) is 2.17. The second-order valence-corrected chi connectivity index (χ2v) is 8.36. The minimum atomic E-state index is -0.458. The Bertz CT molecular complexity index is 939. The quantitative estimate of drug-likeness (QED) is 0.388. The summed E-state index contributed by atoms with van der Waals surface area (Å²) < 4.78 is 11.8. The van der Waals surface area contributed by atoms with Crippen molar-refractivity contribution >= 4 is 17.8 Å². The van der Waals surface area contributed by atoms with Gasteiger partial charge in [-0.3, -0.25) is 14.4 Å². The van der Waals surface area contributed by atoms with Gasteiger partial charge in [0, 0.05) is 39.3 Å². The van der Waals surface area contributed by atoms with Crippen molar-refractivity contribution in [2.45, 2.75) is 64.7 Å². The lowest BCUT2D eigenvalue weighted by Gasteiger charge is -2.36. The molecule has 0 radical (unpaired) electrons. The molecule has 0 fully saturated rings. The molecule has 166 valence electrons. The van der Waals surface area contributed by atoms with Gasteiger partial charge in [0.15, 0.2) is 0 Å². The number of carbonyl (C=O) groups excluding carboxylic acids is 3. The summed E-state index contributed by atoms with van der Waals surface area (Å²) >= 11 is 0. The Hall–Kier alpha value is -2.87. The van der Waals surface area contributed by atoms with Gasteiger partial charge in [0.25, 0.3) is 11.8 Å². The van der Waals surface area contributed by atoms with E-state index in [9.17, 15) is 14.4 Å². The Balaban J connectivity index is 0.000000293. The number of nitrogens with zero attached hydrogens (tertiary/aromatic N) is 3. The summed E-state index contributed by atoms with van der Waals surface area (Å²) in [5, 5.41) is 5.92. The molecule has 0 bridgehead atoms. The predicted octanol–water partition coefficient (Wildman–Crippen LogP) is 3.25. The summed E-state index contributed by atoms with van der Waals surface area (Å²) in [4.78, 5) is 33.5. The highest BCUT2D eigenvalue weighted by Gasteiger charge is 2.52. The number of carbonyl (C=O) groups is 3. The minimum absolute atomic E-state index is 0.0539. The number of amides is 2. The molecule has 0 saturated carbocycles. The van der Waals surface area contributed by atoms with Gasteiger partial charge in [0.2, 0.25) is 0 Å². The highest BCUT2D eigenvalue weighted by molar-refractivity contribution is 5.78. The second-order valence-electron chi connectivity index (χ2n) is 8.36. The van der Waals surface area contributed by atoms with Crippen LogP contribution in [0.5, 0.6) is 5.75 Å². The van der Waals surface area contributed by atoms with Gasteiger partial charge in [0.1, 0.15) is 18.0 Å². The normalized spacial score (nSPS) is 26.1. The molecule has 2 heterocycles. The van der Waals surface area contributed by atoms with Crippen LogP contribution in [0.25, 0.3) is 0 Å². The van der Waals surface area contributed by atoms with Crippen LogP contribution in [0.3, 0.4) is 0 Å². The Morgan fingerprint density at radius 3 is 2.45 bits per heavy atom. The highest BCUT2D eigenvalue weighted by atomic mass is 16.5. The van der Waals surface area contributed by atoms with Gasteiger partial charge in [-0.2, -0.15) is 0 Å². The molecular weight excluding hydrogens is 398 g/mol. The van der Waals surface area contributed by atoms with E-state index >= 15 is 0 Å². The molecular formula is C23H29N3O5. The molecule has 1 aromatic rings. The van der Waals surface area contributed by atoms with E-state index in [2.05, 4.69) is 53.4 Å². The summed E-state index contributed by atoms with van der Waals surface area (Å²) in [6.07, 6.45) is 5.96. The molecule has 3 atom stereocenters. The molecule has 8 heteroatoms. The lowest BCUT2D eigenvalue weighted by molar-refractivity contribution is -0.145. The summed E-state index contributed by atoms with van der Waals surface area (Å²) in [5.41, 5.74) is 3.85. The van der Waals surface area contributed by atoms with Crippen LogP contribution in [-0.4, -0.2) is 48.5 Å². The van der Waals surface area contributed by atoms with Crippen molar-refractivity contribution in [3.05, 3.63) is 41.0 Å². The average molecular weight is 428 g/mol. The lowest BCUT2D eigenvalue weighted by Crippen LogP contribution is -2.43. The molecule has 0 N–H and O–H groups in total. The van der Waals surface area contributed by atoms with E-state index in [0.29, 0.717) is 0 Å². The molecule has 2 amide bonds. The lowest BCUT2D eigenvalue weighted by atomic mass is 9.69. The number of aryl methyl sites for hydroxylation is 1. The molecule has 1 aromatic carbocycles. The number of azo groups is 1. The fourth-order valence-corrected chi connectivity index (χ4v) is 4.50. The van der Waals surface area contributed by atoms with E-state index in [-0.39, 0.29) is 23.6 Å². The first kappa shape index (κ1) is 22.8. The zero-order valence-electron chi connectivity index (χ0n) is 18.7. The molecule has 3 aliphatic rings. The first-order valence-electron chi connectivity index (χ1n) is 10.4. The predicted molar refractivity (Wildman–Crippen MR) is 114 cm³/mol. The van der Waals surface area contributed by atoms with Crippen LogP contribution < -0.4 is 4.74 Å². The number of hydrogen-bond acceptors (Lipinski definition) is 6. The summed E-state index contributed by atoms with van der Waals surface area (Å²) in [6.45, 7) is 8.03. The van der Waals surface area contributed by atoms with Crippen molar-refractivity contribution in [2.24, 2.45) is 10.2 Å². The van der Waals surface area contributed by atoms with Gasteiger partial charge < -0.3 is 14.4 Å². The van der Waals surface area contributed by atoms with E-state index < -0.39 is 11.8 Å². The molecule has 0 saturated heterocycles. The van der Waals surface area contributed by atoms with Crippen LogP contribution in [0.2, 0.25) is 0 Å². The molecule has 2 aliphatic heterocycles. The number of benzene rings is 1. The number of esters is 1. The zero-order chi connectivity index (χ0) is 22.8. The van der Waals surface area contributed by atoms with Crippen LogP contribution in [0, 0.1) is 6.92 Å². The van der Waals surface area contributed by atoms with E-state index in [1.54, 1.807) is 0 Å². The number of rotatable bonds is 1. The standard InChI is InChI=1S/C19H23NO3.C4H6N2O2/c1-12-4-5-14-11-20(3)9-8-19-7-6-15(22-13(2)21)10-16(19)23-18(12)17(14)19;1-3(7)5-6-4(2)8/h4-7,15-16H,8-11H2,1-3H3;1-2H3/t15-,16+,19+;/m1./s1. The second kappa shape index (κ2) is 9.09. The Morgan fingerprint density at radius 2 is 1.84 bits per heavy atom. The topological polar surface area (TPSA) is 97.6 Å². The van der Waals surface area contributed by atoms with Crippen LogP contribution in [0.15, 0.2) is 34.5 Å².